The molecule has 0 spiro atoms. The summed E-state index contributed by atoms with van der Waals surface area (Å²) in [4.78, 5) is 6.49. The molecule has 10 heteroatoms. The highest BCUT2D eigenvalue weighted by Gasteiger charge is 2.32. The predicted molar refractivity (Wildman–Crippen MR) is 98.8 cm³/mol. The topological polar surface area (TPSA) is 67.2 Å². The first-order valence-electron chi connectivity index (χ1n) is 8.09. The van der Waals surface area contributed by atoms with E-state index in [9.17, 15) is 21.6 Å². The average Bonchev–Trinajstić information content (AvgIpc) is 3.07. The molecule has 0 bridgehead atoms. The van der Waals surface area contributed by atoms with Crippen molar-refractivity contribution in [3.8, 4) is 11.3 Å². The van der Waals surface area contributed by atoms with Crippen LogP contribution < -0.4 is 9.84 Å². The van der Waals surface area contributed by atoms with E-state index in [2.05, 4.69) is 9.82 Å². The molecule has 3 aromatic rings. The molecule has 28 heavy (non-hydrogen) atoms. The maximum Gasteiger partial charge on any atom is 0.416 e. The van der Waals surface area contributed by atoms with Gasteiger partial charge < -0.3 is 4.57 Å². The van der Waals surface area contributed by atoms with Crippen LogP contribution in [0.15, 0.2) is 66.0 Å². The quantitative estimate of drug-likeness (QED) is 0.655. The first-order chi connectivity index (χ1) is 13.1. The summed E-state index contributed by atoms with van der Waals surface area (Å²) in [5.41, 5.74) is -0.189. The van der Waals surface area contributed by atoms with Gasteiger partial charge in [-0.15, -0.1) is 4.83 Å². The lowest BCUT2D eigenvalue weighted by Gasteiger charge is -2.23. The minimum Gasteiger partial charge on any atom is -0.340 e. The van der Waals surface area contributed by atoms with Crippen molar-refractivity contribution in [2.45, 2.75) is 11.1 Å². The number of halogens is 3. The lowest BCUT2D eigenvalue weighted by Crippen LogP contribution is -2.39. The second-order valence-electron chi connectivity index (χ2n) is 6.12. The highest BCUT2D eigenvalue weighted by Crippen LogP contribution is 2.36. The van der Waals surface area contributed by atoms with Crippen LogP contribution in [0.4, 0.5) is 18.9 Å². The molecule has 0 aliphatic heterocycles. The van der Waals surface area contributed by atoms with E-state index in [1.54, 1.807) is 36.0 Å². The number of nitrogens with one attached hydrogen (secondary N) is 1. The van der Waals surface area contributed by atoms with E-state index in [0.717, 1.165) is 17.1 Å². The van der Waals surface area contributed by atoms with Gasteiger partial charge in [-0.1, -0.05) is 18.2 Å². The van der Waals surface area contributed by atoms with E-state index in [1.807, 2.05) is 0 Å². The van der Waals surface area contributed by atoms with Crippen LogP contribution >= 0.6 is 0 Å². The monoisotopic (exact) mass is 410 g/mol. The fourth-order valence-electron chi connectivity index (χ4n) is 2.64. The van der Waals surface area contributed by atoms with Crippen LogP contribution in [0.25, 0.3) is 11.3 Å². The zero-order valence-corrected chi connectivity index (χ0v) is 15.8. The third kappa shape index (κ3) is 4.18. The lowest BCUT2D eigenvalue weighted by molar-refractivity contribution is -0.137. The zero-order valence-electron chi connectivity index (χ0n) is 15.0. The molecule has 0 amide bonds. The number of alkyl halides is 3. The van der Waals surface area contributed by atoms with Crippen molar-refractivity contribution in [2.24, 2.45) is 7.05 Å². The highest BCUT2D eigenvalue weighted by atomic mass is 32.2. The number of hydrogen-bond donors (Lipinski definition) is 1. The third-order valence-electron chi connectivity index (χ3n) is 3.98. The lowest BCUT2D eigenvalue weighted by atomic mass is 10.1. The number of sulfonamides is 1. The van der Waals surface area contributed by atoms with Crippen LogP contribution in [0, 0.1) is 0 Å². The van der Waals surface area contributed by atoms with Crippen molar-refractivity contribution in [2.75, 3.05) is 12.1 Å². The second kappa shape index (κ2) is 7.28. The average molecular weight is 410 g/mol. The summed E-state index contributed by atoms with van der Waals surface area (Å²) < 4.78 is 66.2. The van der Waals surface area contributed by atoms with Crippen molar-refractivity contribution in [1.82, 2.24) is 14.4 Å². The number of aryl methyl sites for hydroxylation is 1. The molecule has 0 atom stereocenters. The van der Waals surface area contributed by atoms with E-state index < -0.39 is 21.8 Å². The Kier molecular flexibility index (Phi) is 5.18. The Hall–Kier alpha value is -2.85. The fourth-order valence-corrected chi connectivity index (χ4v) is 3.72. The summed E-state index contributed by atoms with van der Waals surface area (Å²) in [6.45, 7) is 0. The molecule has 0 unspecified atom stereocenters. The summed E-state index contributed by atoms with van der Waals surface area (Å²) in [7, 11) is -0.813. The minimum atomic E-state index is -4.54. The molecular weight excluding hydrogens is 393 g/mol. The van der Waals surface area contributed by atoms with E-state index in [0.29, 0.717) is 0 Å². The molecule has 2 aromatic carbocycles. The van der Waals surface area contributed by atoms with Crippen LogP contribution in [0.2, 0.25) is 0 Å². The van der Waals surface area contributed by atoms with Crippen LogP contribution in [-0.2, 0) is 23.2 Å². The number of benzene rings is 2. The van der Waals surface area contributed by atoms with E-state index in [1.165, 1.54) is 31.6 Å². The standard InChI is InChI=1S/C18H17F3N4O2S/c1-24-11-16(22-12-24)15-10-13(18(19,20)21)8-9-17(15)25(2)23-28(26,27)14-6-4-3-5-7-14/h3-12,23H,1-2H3. The Labute approximate surface area is 160 Å². The number of anilines is 1. The minimum absolute atomic E-state index is 0.0353. The number of hydrazine groups is 1. The Morgan fingerprint density at radius 3 is 2.36 bits per heavy atom. The summed E-state index contributed by atoms with van der Waals surface area (Å²) in [5.74, 6) is 0. The van der Waals surface area contributed by atoms with Crippen LogP contribution in [0.1, 0.15) is 5.56 Å². The number of nitrogens with zero attached hydrogens (tertiary/aromatic N) is 3. The summed E-state index contributed by atoms with van der Waals surface area (Å²) in [6, 6.07) is 10.7. The smallest absolute Gasteiger partial charge is 0.340 e. The SMILES string of the molecule is CN(NS(=O)(=O)c1ccccc1)c1ccc(C(F)(F)F)cc1-c1cn(C)cn1. The van der Waals surface area contributed by atoms with Crippen LogP contribution in [-0.4, -0.2) is 25.0 Å². The maximum absolute atomic E-state index is 13.2. The van der Waals surface area contributed by atoms with Crippen molar-refractivity contribution in [3.63, 3.8) is 0 Å². The molecule has 0 saturated carbocycles. The van der Waals surface area contributed by atoms with Crippen molar-refractivity contribution < 1.29 is 21.6 Å². The first kappa shape index (κ1) is 19.9. The second-order valence-corrected chi connectivity index (χ2v) is 7.78. The molecule has 0 aliphatic rings. The zero-order chi connectivity index (χ0) is 20.5. The first-order valence-corrected chi connectivity index (χ1v) is 9.57. The Morgan fingerprint density at radius 1 is 1.11 bits per heavy atom. The molecule has 0 fully saturated rings. The Balaban J connectivity index is 2.03. The largest absolute Gasteiger partial charge is 0.416 e. The van der Waals surface area contributed by atoms with Crippen molar-refractivity contribution in [3.05, 3.63) is 66.6 Å². The summed E-state index contributed by atoms with van der Waals surface area (Å²) in [5, 5.41) is 1.16. The highest BCUT2D eigenvalue weighted by molar-refractivity contribution is 7.89. The van der Waals surface area contributed by atoms with Gasteiger partial charge in [-0.05, 0) is 30.3 Å². The molecule has 1 N–H and O–H groups in total. The molecule has 0 saturated heterocycles. The van der Waals surface area contributed by atoms with Gasteiger partial charge in [-0.3, -0.25) is 5.01 Å². The molecule has 0 aliphatic carbocycles. The molecule has 148 valence electrons. The number of rotatable bonds is 5. The molecular formula is C18H17F3N4O2S. The van der Waals surface area contributed by atoms with Gasteiger partial charge in [0.25, 0.3) is 10.0 Å². The normalized spacial score (nSPS) is 12.2. The van der Waals surface area contributed by atoms with Crippen molar-refractivity contribution in [1.29, 1.82) is 0 Å². The molecule has 1 aromatic heterocycles. The number of aromatic nitrogens is 2. The van der Waals surface area contributed by atoms with Crippen molar-refractivity contribution >= 4 is 15.7 Å². The van der Waals surface area contributed by atoms with E-state index in [-0.39, 0.29) is 21.8 Å². The van der Waals surface area contributed by atoms with E-state index >= 15 is 0 Å². The third-order valence-corrected chi connectivity index (χ3v) is 5.38. The number of hydrogen-bond acceptors (Lipinski definition) is 4. The van der Waals surface area contributed by atoms with Gasteiger partial charge in [0.15, 0.2) is 0 Å². The van der Waals surface area contributed by atoms with Gasteiger partial charge in [-0.25, -0.2) is 13.4 Å². The summed E-state index contributed by atoms with van der Waals surface area (Å²) in [6.07, 6.45) is -1.53. The molecule has 6 nitrogen and oxygen atoms in total. The van der Waals surface area contributed by atoms with Gasteiger partial charge in [0, 0.05) is 25.9 Å². The molecule has 3 rings (SSSR count). The Bertz CT molecular complexity index is 1080. The van der Waals surface area contributed by atoms with Crippen LogP contribution in [0.5, 0.6) is 0 Å². The van der Waals surface area contributed by atoms with Gasteiger partial charge in [0.1, 0.15) is 0 Å². The fraction of sp³-hybridized carbons (Fsp3) is 0.167. The van der Waals surface area contributed by atoms with Gasteiger partial charge in [0.2, 0.25) is 0 Å². The van der Waals surface area contributed by atoms with Gasteiger partial charge in [-0.2, -0.15) is 13.2 Å². The molecule has 0 radical (unpaired) electrons. The Morgan fingerprint density at radius 2 is 1.79 bits per heavy atom. The predicted octanol–water partition coefficient (Wildman–Crippen LogP) is 3.44. The number of imidazole rings is 1. The maximum atomic E-state index is 13.2. The molecule has 1 heterocycles. The van der Waals surface area contributed by atoms with Gasteiger partial charge in [0.05, 0.1) is 28.2 Å². The van der Waals surface area contributed by atoms with Crippen LogP contribution in [0.3, 0.4) is 0 Å². The van der Waals surface area contributed by atoms with E-state index in [4.69, 9.17) is 0 Å². The van der Waals surface area contributed by atoms with Gasteiger partial charge >= 0.3 is 6.18 Å². The summed E-state index contributed by atoms with van der Waals surface area (Å²) >= 11 is 0.